The van der Waals surface area contributed by atoms with Crippen molar-refractivity contribution in [3.63, 3.8) is 0 Å². The number of hydrogen-bond donors (Lipinski definition) is 1. The molecule has 0 aliphatic heterocycles. The van der Waals surface area contributed by atoms with Crippen molar-refractivity contribution in [3.8, 4) is 16.9 Å². The maximum Gasteiger partial charge on any atom is 0.337 e. The first-order valence-electron chi connectivity index (χ1n) is 5.04. The molecule has 1 aromatic carbocycles. The van der Waals surface area contributed by atoms with Crippen LogP contribution >= 0.6 is 0 Å². The van der Waals surface area contributed by atoms with Gasteiger partial charge in [0.05, 0.1) is 12.7 Å². The Balaban J connectivity index is 2.50. The molecule has 1 heterocycles. The summed E-state index contributed by atoms with van der Waals surface area (Å²) in [5, 5.41) is 9.76. The van der Waals surface area contributed by atoms with Crippen LogP contribution in [0.4, 0.5) is 0 Å². The topological polar surface area (TPSA) is 59.4 Å². The van der Waals surface area contributed by atoms with Crippen LogP contribution in [0.3, 0.4) is 0 Å². The third kappa shape index (κ3) is 2.25. The van der Waals surface area contributed by atoms with Crippen molar-refractivity contribution >= 4 is 5.97 Å². The molecular weight excluding hydrogens is 218 g/mol. The van der Waals surface area contributed by atoms with Crippen LogP contribution in [0.2, 0.25) is 0 Å². The van der Waals surface area contributed by atoms with E-state index in [1.165, 1.54) is 19.2 Å². The van der Waals surface area contributed by atoms with Gasteiger partial charge >= 0.3 is 5.97 Å². The van der Waals surface area contributed by atoms with Gasteiger partial charge in [0.2, 0.25) is 0 Å². The molecule has 0 unspecified atom stereocenters. The monoisotopic (exact) mass is 229 g/mol. The van der Waals surface area contributed by atoms with Crippen molar-refractivity contribution in [1.82, 2.24) is 4.98 Å². The Hall–Kier alpha value is -2.36. The van der Waals surface area contributed by atoms with Gasteiger partial charge in [0, 0.05) is 23.5 Å². The standard InChI is InChI=1S/C13H11NO3/c1-17-13(16)9-4-5-12(15)11(7-9)10-3-2-6-14-8-10/h2-8,15H,1H3. The van der Waals surface area contributed by atoms with Gasteiger partial charge in [-0.05, 0) is 24.3 Å². The number of esters is 1. The van der Waals surface area contributed by atoms with Gasteiger partial charge in [-0.3, -0.25) is 4.98 Å². The van der Waals surface area contributed by atoms with E-state index in [-0.39, 0.29) is 5.75 Å². The summed E-state index contributed by atoms with van der Waals surface area (Å²) in [6.07, 6.45) is 3.26. The quantitative estimate of drug-likeness (QED) is 0.802. The Labute approximate surface area is 98.5 Å². The molecule has 0 amide bonds. The van der Waals surface area contributed by atoms with Gasteiger partial charge in [0.1, 0.15) is 5.75 Å². The van der Waals surface area contributed by atoms with Crippen molar-refractivity contribution < 1.29 is 14.6 Å². The third-order valence-electron chi connectivity index (χ3n) is 2.39. The molecule has 17 heavy (non-hydrogen) atoms. The lowest BCUT2D eigenvalue weighted by molar-refractivity contribution is 0.0601. The zero-order chi connectivity index (χ0) is 12.3. The van der Waals surface area contributed by atoms with Crippen LogP contribution in [0, 0.1) is 0 Å². The average Bonchev–Trinajstić information content (AvgIpc) is 2.39. The highest BCUT2D eigenvalue weighted by molar-refractivity contribution is 5.91. The summed E-state index contributed by atoms with van der Waals surface area (Å²) < 4.78 is 4.63. The maximum absolute atomic E-state index is 11.4. The van der Waals surface area contributed by atoms with Gasteiger partial charge in [0.15, 0.2) is 0 Å². The van der Waals surface area contributed by atoms with E-state index in [0.717, 1.165) is 5.56 Å². The second kappa shape index (κ2) is 4.65. The molecule has 0 saturated carbocycles. The Morgan fingerprint density at radius 1 is 1.35 bits per heavy atom. The Bertz CT molecular complexity index is 538. The van der Waals surface area contributed by atoms with Crippen LogP contribution in [-0.4, -0.2) is 23.2 Å². The van der Waals surface area contributed by atoms with Crippen LogP contribution < -0.4 is 0 Å². The van der Waals surface area contributed by atoms with Crippen LogP contribution in [0.1, 0.15) is 10.4 Å². The molecule has 4 heteroatoms. The van der Waals surface area contributed by atoms with Crippen molar-refractivity contribution in [2.75, 3.05) is 7.11 Å². The Morgan fingerprint density at radius 3 is 2.82 bits per heavy atom. The fourth-order valence-corrected chi connectivity index (χ4v) is 1.53. The molecule has 0 radical (unpaired) electrons. The number of aromatic nitrogens is 1. The maximum atomic E-state index is 11.4. The minimum atomic E-state index is -0.435. The highest BCUT2D eigenvalue weighted by atomic mass is 16.5. The minimum absolute atomic E-state index is 0.102. The molecule has 0 saturated heterocycles. The highest BCUT2D eigenvalue weighted by Gasteiger charge is 2.10. The molecule has 1 aromatic heterocycles. The van der Waals surface area contributed by atoms with Gasteiger partial charge in [0.25, 0.3) is 0 Å². The number of carbonyl (C=O) groups excluding carboxylic acids is 1. The second-order valence-corrected chi connectivity index (χ2v) is 3.47. The number of carbonyl (C=O) groups is 1. The zero-order valence-corrected chi connectivity index (χ0v) is 9.25. The summed E-state index contributed by atoms with van der Waals surface area (Å²) in [5.41, 5.74) is 1.70. The molecule has 4 nitrogen and oxygen atoms in total. The normalized spacial score (nSPS) is 9.94. The number of methoxy groups -OCH3 is 1. The largest absolute Gasteiger partial charge is 0.507 e. The lowest BCUT2D eigenvalue weighted by atomic mass is 10.0. The molecular formula is C13H11NO3. The van der Waals surface area contributed by atoms with Gasteiger partial charge in [-0.2, -0.15) is 0 Å². The summed E-state index contributed by atoms with van der Waals surface area (Å²) >= 11 is 0. The summed E-state index contributed by atoms with van der Waals surface area (Å²) in [7, 11) is 1.32. The lowest BCUT2D eigenvalue weighted by Crippen LogP contribution is -2.00. The van der Waals surface area contributed by atoms with E-state index >= 15 is 0 Å². The fourth-order valence-electron chi connectivity index (χ4n) is 1.53. The number of rotatable bonds is 2. The number of hydrogen-bond acceptors (Lipinski definition) is 4. The number of pyridine rings is 1. The number of phenolic OH excluding ortho intramolecular Hbond substituents is 1. The van der Waals surface area contributed by atoms with E-state index in [9.17, 15) is 9.90 Å². The molecule has 0 atom stereocenters. The van der Waals surface area contributed by atoms with Gasteiger partial charge in [-0.1, -0.05) is 6.07 Å². The number of nitrogens with zero attached hydrogens (tertiary/aromatic N) is 1. The van der Waals surface area contributed by atoms with Crippen molar-refractivity contribution in [2.24, 2.45) is 0 Å². The molecule has 2 aromatic rings. The van der Waals surface area contributed by atoms with Crippen molar-refractivity contribution in [2.45, 2.75) is 0 Å². The first-order chi connectivity index (χ1) is 8.22. The van der Waals surface area contributed by atoms with Crippen molar-refractivity contribution in [3.05, 3.63) is 48.3 Å². The number of phenols is 1. The third-order valence-corrected chi connectivity index (χ3v) is 2.39. The average molecular weight is 229 g/mol. The summed E-state index contributed by atoms with van der Waals surface area (Å²) in [5.74, 6) is -0.333. The zero-order valence-electron chi connectivity index (χ0n) is 9.25. The van der Waals surface area contributed by atoms with Crippen LogP contribution in [0.5, 0.6) is 5.75 Å². The lowest BCUT2D eigenvalue weighted by Gasteiger charge is -2.06. The van der Waals surface area contributed by atoms with E-state index < -0.39 is 5.97 Å². The first-order valence-corrected chi connectivity index (χ1v) is 5.04. The van der Waals surface area contributed by atoms with Gasteiger partial charge < -0.3 is 9.84 Å². The molecule has 0 aliphatic rings. The van der Waals surface area contributed by atoms with E-state index in [4.69, 9.17) is 0 Å². The SMILES string of the molecule is COC(=O)c1ccc(O)c(-c2cccnc2)c1. The predicted molar refractivity (Wildman–Crippen MR) is 62.7 cm³/mol. The highest BCUT2D eigenvalue weighted by Crippen LogP contribution is 2.29. The van der Waals surface area contributed by atoms with E-state index in [2.05, 4.69) is 9.72 Å². The Morgan fingerprint density at radius 2 is 2.18 bits per heavy atom. The second-order valence-electron chi connectivity index (χ2n) is 3.47. The number of benzene rings is 1. The molecule has 0 spiro atoms. The Kier molecular flexibility index (Phi) is 3.05. The smallest absolute Gasteiger partial charge is 0.337 e. The number of aromatic hydroxyl groups is 1. The molecule has 0 bridgehead atoms. The van der Waals surface area contributed by atoms with Crippen LogP contribution in [-0.2, 0) is 4.74 Å². The van der Waals surface area contributed by atoms with Gasteiger partial charge in [-0.15, -0.1) is 0 Å². The van der Waals surface area contributed by atoms with E-state index in [0.29, 0.717) is 11.1 Å². The summed E-state index contributed by atoms with van der Waals surface area (Å²) in [4.78, 5) is 15.4. The first kappa shape index (κ1) is 11.1. The number of ether oxygens (including phenoxy) is 1. The molecule has 86 valence electrons. The molecule has 2 rings (SSSR count). The van der Waals surface area contributed by atoms with Gasteiger partial charge in [-0.25, -0.2) is 4.79 Å². The fraction of sp³-hybridized carbons (Fsp3) is 0.0769. The molecule has 1 N–H and O–H groups in total. The van der Waals surface area contributed by atoms with E-state index in [1.54, 1.807) is 24.5 Å². The van der Waals surface area contributed by atoms with E-state index in [1.807, 2.05) is 6.07 Å². The molecule has 0 fully saturated rings. The molecule has 0 aliphatic carbocycles. The van der Waals surface area contributed by atoms with Crippen LogP contribution in [0.25, 0.3) is 11.1 Å². The van der Waals surface area contributed by atoms with Crippen molar-refractivity contribution in [1.29, 1.82) is 0 Å². The van der Waals surface area contributed by atoms with Crippen LogP contribution in [0.15, 0.2) is 42.7 Å². The summed E-state index contributed by atoms with van der Waals surface area (Å²) in [6.45, 7) is 0. The minimum Gasteiger partial charge on any atom is -0.507 e. The predicted octanol–water partition coefficient (Wildman–Crippen LogP) is 2.24. The summed E-state index contributed by atoms with van der Waals surface area (Å²) in [6, 6.07) is 8.14.